The summed E-state index contributed by atoms with van der Waals surface area (Å²) in [6, 6.07) is 7.12. The van der Waals surface area contributed by atoms with Crippen LogP contribution in [0.3, 0.4) is 0 Å². The van der Waals surface area contributed by atoms with E-state index in [0.29, 0.717) is 25.9 Å². The number of hydrogen-bond acceptors (Lipinski definition) is 5. The Balaban J connectivity index is 1.46. The van der Waals surface area contributed by atoms with Crippen molar-refractivity contribution in [2.45, 2.75) is 45.7 Å². The first-order chi connectivity index (χ1) is 22.3. The Kier molecular flexibility index (Phi) is 11.3. The first kappa shape index (κ1) is 33.4. The number of nitrogens with one attached hydrogen (secondary N) is 2. The third kappa shape index (κ3) is 8.05. The lowest BCUT2D eigenvalue weighted by molar-refractivity contribution is 0.334. The summed E-state index contributed by atoms with van der Waals surface area (Å²) < 4.78 is 16.9. The number of fused-ring (bicyclic) bond motifs is 1. The molecule has 1 aliphatic rings. The van der Waals surface area contributed by atoms with Crippen molar-refractivity contribution in [2.24, 2.45) is 0 Å². The maximum atomic E-state index is 14.7. The molecule has 1 aromatic carbocycles. The molecular weight excluding hydrogens is 592 g/mol. The minimum atomic E-state index is -0.258. The van der Waals surface area contributed by atoms with Crippen molar-refractivity contribution in [3.8, 4) is 22.6 Å². The molecule has 3 aromatic heterocycles. The summed E-state index contributed by atoms with van der Waals surface area (Å²) in [6.45, 7) is 16.1. The second-order valence-corrected chi connectivity index (χ2v) is 13.5. The van der Waals surface area contributed by atoms with Crippen molar-refractivity contribution in [3.63, 3.8) is 0 Å². The lowest BCUT2D eigenvalue weighted by atomic mass is 10.00. The summed E-state index contributed by atoms with van der Waals surface area (Å²) in [4.78, 5) is 15.4. The molecule has 7 nitrogen and oxygen atoms in total. The van der Waals surface area contributed by atoms with Gasteiger partial charge in [-0.25, -0.2) is 14.4 Å². The first-order valence-corrected chi connectivity index (χ1v) is 17.1. The molecule has 0 radical (unpaired) electrons. The number of rotatable bonds is 13. The second-order valence-electron chi connectivity index (χ2n) is 11.9. The molecule has 2 N–H and O–H groups in total. The maximum Gasteiger partial charge on any atom is 0.178 e. The number of nitrogens with zero attached hydrogens (tertiary/aromatic N) is 5. The van der Waals surface area contributed by atoms with Crippen molar-refractivity contribution in [2.75, 3.05) is 33.7 Å². The van der Waals surface area contributed by atoms with Gasteiger partial charge in [-0.3, -0.25) is 9.77 Å². The van der Waals surface area contributed by atoms with Gasteiger partial charge in [0.2, 0.25) is 0 Å². The van der Waals surface area contributed by atoms with Crippen LogP contribution in [-0.2, 0) is 6.16 Å². The predicted octanol–water partition coefficient (Wildman–Crippen LogP) is 6.88. The zero-order valence-electron chi connectivity index (χ0n) is 27.5. The maximum absolute atomic E-state index is 14.7. The van der Waals surface area contributed by atoms with E-state index in [2.05, 4.69) is 61.1 Å². The van der Waals surface area contributed by atoms with E-state index in [4.69, 9.17) is 4.98 Å². The van der Waals surface area contributed by atoms with E-state index in [9.17, 15) is 4.39 Å². The Hall–Kier alpha value is -3.97. The smallest absolute Gasteiger partial charge is 0.178 e. The number of aromatic amines is 2. The molecule has 46 heavy (non-hydrogen) atoms. The van der Waals surface area contributed by atoms with Crippen LogP contribution in [-0.4, -0.2) is 68.4 Å². The highest BCUT2D eigenvalue weighted by Crippen LogP contribution is 2.31. The topological polar surface area (TPSA) is 76.7 Å². The molecule has 4 heterocycles. The molecule has 1 aliphatic heterocycles. The lowest BCUT2D eigenvalue weighted by Crippen LogP contribution is -2.24. The molecule has 1 unspecified atom stereocenters. The number of benzene rings is 1. The number of aromatic nitrogens is 5. The zero-order valence-corrected chi connectivity index (χ0v) is 28.5. The predicted molar refractivity (Wildman–Crippen MR) is 193 cm³/mol. The summed E-state index contributed by atoms with van der Waals surface area (Å²) in [6.07, 6.45) is 17.5. The molecule has 5 rings (SSSR count). The molecule has 4 aromatic rings. The standard InChI is InChI=1S/C37H45FN7P/c1-7-26(13-12-18-45-16-10-11-17-45)20-28(8-2)25(4)19-32-33(9-3)42-43-35(32)37-40-34-31(14-15-39-36(34)41-37)29-21-27(22-30(38)23-29)24-46-44(5)6/h7-9,14-15,19-23,42,46H,1,4,10-13,16-18,24H2,2-3,5-6H3,(H,39,40,41)/b26-20+,28-8+,32-19+,33-9+. The number of H-pyrrole nitrogens is 2. The summed E-state index contributed by atoms with van der Waals surface area (Å²) in [5, 5.41) is 9.55. The van der Waals surface area contributed by atoms with Crippen LogP contribution in [0.5, 0.6) is 0 Å². The average molecular weight is 638 g/mol. The molecule has 1 atom stereocenters. The van der Waals surface area contributed by atoms with Crippen molar-refractivity contribution >= 4 is 32.0 Å². The van der Waals surface area contributed by atoms with Gasteiger partial charge in [0.25, 0.3) is 0 Å². The SMILES string of the molecule is C=C/C(=C\C(=C/C)C(=C)/C=c1/c(-c2nc3nccc(-c4cc(F)cc(CPN(C)C)c4)c3[nH]2)n[nH]/c1=C/C)CCCN1CCCC1. The van der Waals surface area contributed by atoms with E-state index in [1.165, 1.54) is 31.5 Å². The minimum Gasteiger partial charge on any atom is -0.335 e. The van der Waals surface area contributed by atoms with Crippen molar-refractivity contribution in [3.05, 3.63) is 101 Å². The number of pyridine rings is 1. The number of allylic oxidation sites excluding steroid dienone is 6. The zero-order chi connectivity index (χ0) is 32.6. The second kappa shape index (κ2) is 15.5. The van der Waals surface area contributed by atoms with Crippen LogP contribution in [0, 0.1) is 5.82 Å². The van der Waals surface area contributed by atoms with Crippen LogP contribution in [0.2, 0.25) is 0 Å². The molecule has 9 heteroatoms. The van der Waals surface area contributed by atoms with Gasteiger partial charge in [-0.2, -0.15) is 5.10 Å². The monoisotopic (exact) mass is 637 g/mol. The van der Waals surface area contributed by atoms with Gasteiger partial charge >= 0.3 is 0 Å². The molecule has 0 spiro atoms. The van der Waals surface area contributed by atoms with Gasteiger partial charge in [0.1, 0.15) is 11.5 Å². The fourth-order valence-corrected chi connectivity index (χ4v) is 6.60. The molecule has 240 valence electrons. The molecule has 0 saturated carbocycles. The van der Waals surface area contributed by atoms with E-state index in [0.717, 1.165) is 69.5 Å². The molecule has 0 bridgehead atoms. The van der Waals surface area contributed by atoms with Gasteiger partial charge in [0, 0.05) is 23.1 Å². The van der Waals surface area contributed by atoms with Gasteiger partial charge in [-0.05, 0) is 134 Å². The highest BCUT2D eigenvalue weighted by molar-refractivity contribution is 7.34. The quantitative estimate of drug-likeness (QED) is 0.124. The third-order valence-electron chi connectivity index (χ3n) is 8.35. The van der Waals surface area contributed by atoms with E-state index in [1.54, 1.807) is 18.3 Å². The van der Waals surface area contributed by atoms with Crippen LogP contribution >= 0.6 is 8.73 Å². The van der Waals surface area contributed by atoms with Crippen molar-refractivity contribution < 1.29 is 4.39 Å². The van der Waals surface area contributed by atoms with Crippen LogP contribution < -0.4 is 10.6 Å². The fourth-order valence-electron chi connectivity index (χ4n) is 5.90. The van der Waals surface area contributed by atoms with E-state index in [1.807, 2.05) is 52.2 Å². The van der Waals surface area contributed by atoms with E-state index in [-0.39, 0.29) is 5.82 Å². The summed E-state index contributed by atoms with van der Waals surface area (Å²) >= 11 is 0. The van der Waals surface area contributed by atoms with Crippen LogP contribution in [0.15, 0.2) is 78.6 Å². The summed E-state index contributed by atoms with van der Waals surface area (Å²) in [5.74, 6) is 0.321. The van der Waals surface area contributed by atoms with Crippen molar-refractivity contribution in [1.82, 2.24) is 34.7 Å². The molecule has 1 fully saturated rings. The number of likely N-dealkylation sites (tertiary alicyclic amines) is 1. The Labute approximate surface area is 273 Å². The summed E-state index contributed by atoms with van der Waals surface area (Å²) in [5.41, 5.74) is 7.64. The van der Waals surface area contributed by atoms with Gasteiger partial charge in [-0.1, -0.05) is 43.5 Å². The Morgan fingerprint density at radius 2 is 1.98 bits per heavy atom. The van der Waals surface area contributed by atoms with Gasteiger partial charge in [0.05, 0.1) is 10.9 Å². The fraction of sp³-hybridized carbons (Fsp3) is 0.324. The normalized spacial score (nSPS) is 15.8. The molecule has 0 aliphatic carbocycles. The van der Waals surface area contributed by atoms with Gasteiger partial charge in [-0.15, -0.1) is 0 Å². The first-order valence-electron chi connectivity index (χ1n) is 16.0. The minimum absolute atomic E-state index is 0.258. The summed E-state index contributed by atoms with van der Waals surface area (Å²) in [7, 11) is 4.63. The van der Waals surface area contributed by atoms with Gasteiger partial charge < -0.3 is 9.88 Å². The van der Waals surface area contributed by atoms with E-state index >= 15 is 0 Å². The Bertz CT molecular complexity index is 1890. The molecule has 1 saturated heterocycles. The number of imidazole rings is 1. The highest BCUT2D eigenvalue weighted by Gasteiger charge is 2.16. The molecular formula is C37H45FN7P. The van der Waals surface area contributed by atoms with Crippen molar-refractivity contribution in [1.29, 1.82) is 0 Å². The van der Waals surface area contributed by atoms with Crippen LogP contribution in [0.4, 0.5) is 4.39 Å². The Morgan fingerprint density at radius 1 is 1.17 bits per heavy atom. The van der Waals surface area contributed by atoms with E-state index < -0.39 is 0 Å². The third-order valence-corrected chi connectivity index (χ3v) is 9.55. The highest BCUT2D eigenvalue weighted by atomic mass is 31.1. The molecule has 0 amide bonds. The number of halogens is 1. The Morgan fingerprint density at radius 3 is 2.70 bits per heavy atom. The average Bonchev–Trinajstić information content (AvgIpc) is 3.81. The largest absolute Gasteiger partial charge is 0.335 e. The number of hydrogen-bond donors (Lipinski definition) is 2. The van der Waals surface area contributed by atoms with Gasteiger partial charge in [0.15, 0.2) is 11.5 Å². The van der Waals surface area contributed by atoms with Crippen LogP contribution in [0.25, 0.3) is 46.0 Å². The lowest BCUT2D eigenvalue weighted by Gasteiger charge is -2.14. The van der Waals surface area contributed by atoms with Crippen LogP contribution in [0.1, 0.15) is 45.1 Å².